The molecule has 1 saturated heterocycles. The molecular formula is C23H26O4. The van der Waals surface area contributed by atoms with Crippen molar-refractivity contribution in [2.24, 2.45) is 0 Å². The van der Waals surface area contributed by atoms with Crippen LogP contribution in [0.2, 0.25) is 0 Å². The molecule has 0 radical (unpaired) electrons. The summed E-state index contributed by atoms with van der Waals surface area (Å²) in [6.45, 7) is 0. The molecule has 4 nitrogen and oxygen atoms in total. The molecule has 2 aromatic rings. The maximum Gasteiger partial charge on any atom is 0.161 e. The van der Waals surface area contributed by atoms with Gasteiger partial charge in [-0.2, -0.15) is 0 Å². The Morgan fingerprint density at radius 3 is 2.11 bits per heavy atom. The molecule has 1 aliphatic carbocycles. The lowest BCUT2D eigenvalue weighted by atomic mass is 9.83. The van der Waals surface area contributed by atoms with E-state index in [-0.39, 0.29) is 18.3 Å². The van der Waals surface area contributed by atoms with Gasteiger partial charge in [0.05, 0.1) is 6.10 Å². The second-order valence-corrected chi connectivity index (χ2v) is 7.26. The van der Waals surface area contributed by atoms with Crippen LogP contribution in [0, 0.1) is 0 Å². The molecule has 142 valence electrons. The Morgan fingerprint density at radius 1 is 0.926 bits per heavy atom. The number of fused-ring (bicyclic) bond motifs is 1. The van der Waals surface area contributed by atoms with E-state index in [0.29, 0.717) is 6.42 Å². The second kappa shape index (κ2) is 7.95. The Labute approximate surface area is 160 Å². The van der Waals surface area contributed by atoms with Gasteiger partial charge in [-0.1, -0.05) is 72.8 Å². The standard InChI is InChI=1S/C23H26O4/c1-25-20-16-23(24)15-9-8-14-19(23)26-21(17-10-4-2-5-11-17)22(27-20)18-12-6-3-7-13-18/h2-7,9-13,15,19-22,24H,8,14,16H2,1H3/t19-,20+,21+,22+,23+/m0/s1. The van der Waals surface area contributed by atoms with E-state index in [0.717, 1.165) is 24.0 Å². The van der Waals surface area contributed by atoms with Crippen LogP contribution in [-0.4, -0.2) is 30.2 Å². The zero-order chi connectivity index (χ0) is 18.7. The smallest absolute Gasteiger partial charge is 0.161 e. The lowest BCUT2D eigenvalue weighted by Gasteiger charge is -2.44. The maximum absolute atomic E-state index is 11.2. The number of rotatable bonds is 3. The van der Waals surface area contributed by atoms with Gasteiger partial charge >= 0.3 is 0 Å². The normalized spacial score (nSPS) is 33.7. The minimum Gasteiger partial charge on any atom is -0.383 e. The van der Waals surface area contributed by atoms with Crippen molar-refractivity contribution >= 4 is 0 Å². The minimum atomic E-state index is -1.09. The highest BCUT2D eigenvalue weighted by Crippen LogP contribution is 2.44. The van der Waals surface area contributed by atoms with Crippen LogP contribution in [0.3, 0.4) is 0 Å². The van der Waals surface area contributed by atoms with Crippen LogP contribution in [0.1, 0.15) is 42.6 Å². The maximum atomic E-state index is 11.2. The summed E-state index contributed by atoms with van der Waals surface area (Å²) in [4.78, 5) is 0. The molecule has 0 unspecified atom stereocenters. The highest BCUT2D eigenvalue weighted by Gasteiger charge is 2.45. The highest BCUT2D eigenvalue weighted by atomic mass is 16.7. The monoisotopic (exact) mass is 366 g/mol. The van der Waals surface area contributed by atoms with Crippen LogP contribution in [-0.2, 0) is 14.2 Å². The van der Waals surface area contributed by atoms with Gasteiger partial charge in [0.1, 0.15) is 17.8 Å². The van der Waals surface area contributed by atoms with Crippen molar-refractivity contribution in [2.45, 2.75) is 49.5 Å². The molecule has 1 aliphatic heterocycles. The van der Waals surface area contributed by atoms with Gasteiger partial charge in [0.15, 0.2) is 6.29 Å². The molecule has 2 aliphatic rings. The average molecular weight is 366 g/mol. The number of benzene rings is 2. The van der Waals surface area contributed by atoms with Crippen LogP contribution in [0.5, 0.6) is 0 Å². The van der Waals surface area contributed by atoms with Gasteiger partial charge in [-0.25, -0.2) is 0 Å². The largest absolute Gasteiger partial charge is 0.383 e. The number of aliphatic hydroxyl groups is 1. The average Bonchev–Trinajstić information content (AvgIpc) is 2.71. The molecule has 2 aromatic carbocycles. The number of allylic oxidation sites excluding steroid dienone is 1. The topological polar surface area (TPSA) is 47.9 Å². The molecule has 1 N–H and O–H groups in total. The van der Waals surface area contributed by atoms with E-state index in [1.165, 1.54) is 0 Å². The van der Waals surface area contributed by atoms with Gasteiger partial charge in [-0.3, -0.25) is 0 Å². The molecule has 0 spiro atoms. The predicted octanol–water partition coefficient (Wildman–Crippen LogP) is 4.33. The van der Waals surface area contributed by atoms with Gasteiger partial charge in [0.2, 0.25) is 0 Å². The fourth-order valence-electron chi connectivity index (χ4n) is 4.01. The van der Waals surface area contributed by atoms with Crippen molar-refractivity contribution in [3.63, 3.8) is 0 Å². The molecule has 0 amide bonds. The molecule has 27 heavy (non-hydrogen) atoms. The molecule has 4 rings (SSSR count). The second-order valence-electron chi connectivity index (χ2n) is 7.26. The van der Waals surface area contributed by atoms with Gasteiger partial charge in [0, 0.05) is 13.5 Å². The third kappa shape index (κ3) is 3.85. The first-order valence-electron chi connectivity index (χ1n) is 9.53. The van der Waals surface area contributed by atoms with Crippen LogP contribution in [0.15, 0.2) is 72.8 Å². The minimum absolute atomic E-state index is 0.305. The van der Waals surface area contributed by atoms with Gasteiger partial charge in [-0.15, -0.1) is 0 Å². The first kappa shape index (κ1) is 18.4. The van der Waals surface area contributed by atoms with Crippen molar-refractivity contribution < 1.29 is 19.3 Å². The fraction of sp³-hybridized carbons (Fsp3) is 0.391. The van der Waals surface area contributed by atoms with Crippen molar-refractivity contribution in [3.05, 3.63) is 83.9 Å². The summed E-state index contributed by atoms with van der Waals surface area (Å²) in [6, 6.07) is 20.2. The summed E-state index contributed by atoms with van der Waals surface area (Å²) >= 11 is 0. The number of hydrogen-bond acceptors (Lipinski definition) is 4. The van der Waals surface area contributed by atoms with E-state index in [2.05, 4.69) is 0 Å². The van der Waals surface area contributed by atoms with E-state index >= 15 is 0 Å². The van der Waals surface area contributed by atoms with Crippen LogP contribution >= 0.6 is 0 Å². The van der Waals surface area contributed by atoms with Crippen LogP contribution in [0.25, 0.3) is 0 Å². The van der Waals surface area contributed by atoms with Gasteiger partial charge < -0.3 is 19.3 Å². The van der Waals surface area contributed by atoms with E-state index in [1.54, 1.807) is 7.11 Å². The molecule has 4 heteroatoms. The van der Waals surface area contributed by atoms with Gasteiger partial charge in [0.25, 0.3) is 0 Å². The third-order valence-electron chi connectivity index (χ3n) is 5.46. The Bertz CT molecular complexity index is 760. The summed E-state index contributed by atoms with van der Waals surface area (Å²) in [5, 5.41) is 11.2. The zero-order valence-electron chi connectivity index (χ0n) is 15.5. The van der Waals surface area contributed by atoms with Crippen molar-refractivity contribution in [1.29, 1.82) is 0 Å². The molecular weight excluding hydrogens is 340 g/mol. The molecule has 0 bridgehead atoms. The summed E-state index contributed by atoms with van der Waals surface area (Å²) in [6.07, 6.45) is 4.37. The number of methoxy groups -OCH3 is 1. The fourth-order valence-corrected chi connectivity index (χ4v) is 4.01. The van der Waals surface area contributed by atoms with E-state index < -0.39 is 11.9 Å². The lowest BCUT2D eigenvalue weighted by Crippen LogP contribution is -2.50. The molecule has 0 saturated carbocycles. The highest BCUT2D eigenvalue weighted by molar-refractivity contribution is 5.26. The summed E-state index contributed by atoms with van der Waals surface area (Å²) < 4.78 is 18.5. The van der Waals surface area contributed by atoms with E-state index in [1.807, 2.05) is 72.8 Å². The Morgan fingerprint density at radius 2 is 1.52 bits per heavy atom. The summed E-state index contributed by atoms with van der Waals surface area (Å²) in [7, 11) is 1.62. The quantitative estimate of drug-likeness (QED) is 0.822. The predicted molar refractivity (Wildman–Crippen MR) is 103 cm³/mol. The Balaban J connectivity index is 1.78. The summed E-state index contributed by atoms with van der Waals surface area (Å²) in [5.74, 6) is 0. The van der Waals surface area contributed by atoms with Crippen LogP contribution < -0.4 is 0 Å². The third-order valence-corrected chi connectivity index (χ3v) is 5.46. The summed E-state index contributed by atoms with van der Waals surface area (Å²) in [5.41, 5.74) is 0.971. The van der Waals surface area contributed by atoms with Crippen molar-refractivity contribution in [3.8, 4) is 0 Å². The molecule has 1 heterocycles. The zero-order valence-corrected chi connectivity index (χ0v) is 15.5. The first-order chi connectivity index (χ1) is 13.2. The lowest BCUT2D eigenvalue weighted by molar-refractivity contribution is -0.260. The molecule has 1 fully saturated rings. The van der Waals surface area contributed by atoms with E-state index in [9.17, 15) is 5.11 Å². The Hall–Kier alpha value is -1.98. The van der Waals surface area contributed by atoms with Gasteiger partial charge in [-0.05, 0) is 24.0 Å². The SMILES string of the molecule is CO[C@H]1C[C@]2(O)C=CCC[C@@H]2O[C@H](c2ccccc2)[C@@H](c2ccccc2)O1. The molecule has 5 atom stereocenters. The van der Waals surface area contributed by atoms with E-state index in [4.69, 9.17) is 14.2 Å². The number of ether oxygens (including phenoxy) is 3. The van der Waals surface area contributed by atoms with Crippen molar-refractivity contribution in [1.82, 2.24) is 0 Å². The van der Waals surface area contributed by atoms with Crippen LogP contribution in [0.4, 0.5) is 0 Å². The van der Waals surface area contributed by atoms with Crippen molar-refractivity contribution in [2.75, 3.05) is 7.11 Å². The number of hydrogen-bond donors (Lipinski definition) is 1. The Kier molecular flexibility index (Phi) is 5.41. The molecule has 0 aromatic heterocycles. The first-order valence-corrected chi connectivity index (χ1v) is 9.53.